The molecule has 0 spiro atoms. The quantitative estimate of drug-likeness (QED) is 0.749. The molecule has 0 atom stereocenters. The predicted molar refractivity (Wildman–Crippen MR) is 113 cm³/mol. The van der Waals surface area contributed by atoms with Crippen molar-refractivity contribution < 1.29 is 18.1 Å². The number of halogens is 2. The molecule has 0 aliphatic carbocycles. The van der Waals surface area contributed by atoms with E-state index >= 15 is 0 Å². The Labute approximate surface area is 176 Å². The van der Waals surface area contributed by atoms with E-state index in [2.05, 4.69) is 24.3 Å². The molecule has 1 aliphatic heterocycles. The maximum absolute atomic E-state index is 13.0. The number of hydrogen-bond acceptors (Lipinski definition) is 3. The van der Waals surface area contributed by atoms with Crippen LogP contribution in [0, 0.1) is 0 Å². The van der Waals surface area contributed by atoms with E-state index in [1.807, 2.05) is 18.2 Å². The zero-order chi connectivity index (χ0) is 20.1. The number of sulfonamides is 1. The third kappa shape index (κ3) is 4.88. The number of ether oxygens (including phenoxy) is 1. The van der Waals surface area contributed by atoms with Crippen LogP contribution in [-0.2, 0) is 10.0 Å². The van der Waals surface area contributed by atoms with Gasteiger partial charge in [-0.15, -0.1) is 0 Å². The Balaban J connectivity index is 1.62. The second-order valence-corrected chi connectivity index (χ2v) is 9.31. The van der Waals surface area contributed by atoms with Crippen molar-refractivity contribution in [2.45, 2.75) is 4.90 Å². The maximum Gasteiger partial charge on any atom is 0.245 e. The van der Waals surface area contributed by atoms with Gasteiger partial charge >= 0.3 is 0 Å². The number of nitrogens with zero attached hydrogens (tertiary/aromatic N) is 1. The summed E-state index contributed by atoms with van der Waals surface area (Å²) in [4.78, 5) is 1.37. The van der Waals surface area contributed by atoms with Gasteiger partial charge in [-0.25, -0.2) is 8.42 Å². The van der Waals surface area contributed by atoms with Gasteiger partial charge in [0.15, 0.2) is 0 Å². The molecule has 2 aromatic rings. The number of quaternary nitrogens is 1. The van der Waals surface area contributed by atoms with Crippen LogP contribution in [0.2, 0.25) is 10.0 Å². The molecule has 0 amide bonds. The molecule has 0 bridgehead atoms. The second kappa shape index (κ2) is 9.29. The molecule has 8 heteroatoms. The van der Waals surface area contributed by atoms with Gasteiger partial charge in [0.1, 0.15) is 10.6 Å². The van der Waals surface area contributed by atoms with Gasteiger partial charge in [-0.2, -0.15) is 4.31 Å². The zero-order valence-electron chi connectivity index (χ0n) is 15.6. The van der Waals surface area contributed by atoms with Crippen LogP contribution in [0.3, 0.4) is 0 Å². The van der Waals surface area contributed by atoms with Gasteiger partial charge in [-0.05, 0) is 17.7 Å². The highest BCUT2D eigenvalue weighted by Gasteiger charge is 2.32. The topological polar surface area (TPSA) is 51.1 Å². The van der Waals surface area contributed by atoms with Crippen LogP contribution in [0.1, 0.15) is 5.56 Å². The number of hydrogen-bond donors (Lipinski definition) is 1. The lowest BCUT2D eigenvalue weighted by Gasteiger charge is -2.31. The van der Waals surface area contributed by atoms with E-state index in [4.69, 9.17) is 27.9 Å². The molecule has 1 fully saturated rings. The maximum atomic E-state index is 13.0. The molecule has 1 saturated heterocycles. The van der Waals surface area contributed by atoms with Crippen molar-refractivity contribution in [2.75, 3.05) is 39.8 Å². The third-order valence-electron chi connectivity index (χ3n) is 4.77. The van der Waals surface area contributed by atoms with Gasteiger partial charge < -0.3 is 9.64 Å². The standard InChI is InChI=1S/C20H22Cl2N2O3S/c1-27-19-14-18(22)20(15-17(19)21)28(25,26)24-12-10-23(11-13-24)9-5-8-16-6-3-2-4-7-16/h2-8,14-15H,9-13H2,1H3/p+1/b8-5+. The molecule has 28 heavy (non-hydrogen) atoms. The average Bonchev–Trinajstić information content (AvgIpc) is 2.70. The monoisotopic (exact) mass is 441 g/mol. The summed E-state index contributed by atoms with van der Waals surface area (Å²) in [5.41, 5.74) is 1.16. The molecular weight excluding hydrogens is 419 g/mol. The van der Waals surface area contributed by atoms with E-state index in [1.54, 1.807) is 0 Å². The van der Waals surface area contributed by atoms with Crippen molar-refractivity contribution in [2.24, 2.45) is 0 Å². The van der Waals surface area contributed by atoms with Crippen molar-refractivity contribution in [3.8, 4) is 5.75 Å². The second-order valence-electron chi connectivity index (χ2n) is 6.59. The van der Waals surface area contributed by atoms with Crippen LogP contribution in [0.5, 0.6) is 5.75 Å². The summed E-state index contributed by atoms with van der Waals surface area (Å²) in [6.45, 7) is 3.21. The summed E-state index contributed by atoms with van der Waals surface area (Å²) in [7, 11) is -2.24. The van der Waals surface area contributed by atoms with Crippen LogP contribution < -0.4 is 9.64 Å². The summed E-state index contributed by atoms with van der Waals surface area (Å²) in [5, 5.41) is 0.336. The van der Waals surface area contributed by atoms with E-state index in [9.17, 15) is 8.42 Å². The third-order valence-corrected chi connectivity index (χ3v) is 7.43. The fourth-order valence-corrected chi connectivity index (χ4v) is 5.44. The molecular formula is C20H23Cl2N2O3S+. The van der Waals surface area contributed by atoms with Gasteiger partial charge in [-0.1, -0.05) is 59.6 Å². The molecule has 150 valence electrons. The summed E-state index contributed by atoms with van der Waals surface area (Å²) in [6, 6.07) is 12.9. The first kappa shape index (κ1) is 21.1. The highest BCUT2D eigenvalue weighted by molar-refractivity contribution is 7.89. The minimum Gasteiger partial charge on any atom is -0.495 e. The normalized spacial score (nSPS) is 16.5. The molecule has 0 radical (unpaired) electrons. The lowest BCUT2D eigenvalue weighted by molar-refractivity contribution is -0.897. The highest BCUT2D eigenvalue weighted by atomic mass is 35.5. The minimum absolute atomic E-state index is 0.0207. The van der Waals surface area contributed by atoms with Crippen molar-refractivity contribution in [1.29, 1.82) is 0 Å². The van der Waals surface area contributed by atoms with E-state index in [-0.39, 0.29) is 14.9 Å². The van der Waals surface area contributed by atoms with Crippen molar-refractivity contribution in [3.05, 3.63) is 64.1 Å². The summed E-state index contributed by atoms with van der Waals surface area (Å²) < 4.78 is 32.5. The van der Waals surface area contributed by atoms with Gasteiger partial charge in [0.25, 0.3) is 0 Å². The molecule has 2 aromatic carbocycles. The molecule has 1 heterocycles. The Morgan fingerprint density at radius 1 is 1.11 bits per heavy atom. The van der Waals surface area contributed by atoms with Gasteiger partial charge in [0.2, 0.25) is 10.0 Å². The van der Waals surface area contributed by atoms with Crippen LogP contribution in [0.25, 0.3) is 6.08 Å². The van der Waals surface area contributed by atoms with E-state index in [0.717, 1.165) is 25.2 Å². The number of nitrogens with one attached hydrogen (secondary N) is 1. The molecule has 3 rings (SSSR count). The lowest BCUT2D eigenvalue weighted by Crippen LogP contribution is -3.14. The molecule has 5 nitrogen and oxygen atoms in total. The molecule has 1 N–H and O–H groups in total. The van der Waals surface area contributed by atoms with Crippen LogP contribution in [0.15, 0.2) is 53.4 Å². The number of benzene rings is 2. The van der Waals surface area contributed by atoms with Crippen LogP contribution in [0.4, 0.5) is 0 Å². The Morgan fingerprint density at radius 2 is 1.79 bits per heavy atom. The SMILES string of the molecule is COc1cc(Cl)c(S(=O)(=O)N2CC[NH+](C/C=C/c3ccccc3)CC2)cc1Cl. The smallest absolute Gasteiger partial charge is 0.245 e. The Hall–Kier alpha value is -1.57. The largest absolute Gasteiger partial charge is 0.495 e. The van der Waals surface area contributed by atoms with Crippen molar-refractivity contribution in [3.63, 3.8) is 0 Å². The predicted octanol–water partition coefficient (Wildman–Crippen LogP) is 2.60. The van der Waals surface area contributed by atoms with Crippen molar-refractivity contribution >= 4 is 39.3 Å². The molecule has 0 saturated carbocycles. The van der Waals surface area contributed by atoms with Crippen LogP contribution in [-0.4, -0.2) is 52.6 Å². The van der Waals surface area contributed by atoms with E-state index in [0.29, 0.717) is 18.8 Å². The summed E-state index contributed by atoms with van der Waals surface area (Å²) >= 11 is 12.3. The zero-order valence-corrected chi connectivity index (χ0v) is 17.9. The van der Waals surface area contributed by atoms with E-state index in [1.165, 1.54) is 28.4 Å². The number of rotatable bonds is 6. The highest BCUT2D eigenvalue weighted by Crippen LogP contribution is 2.34. The minimum atomic E-state index is -3.70. The summed E-state index contributed by atoms with van der Waals surface area (Å²) in [6.07, 6.45) is 4.23. The first-order valence-electron chi connectivity index (χ1n) is 9.00. The fourth-order valence-electron chi connectivity index (χ4n) is 3.18. The number of piperazine rings is 1. The van der Waals surface area contributed by atoms with Gasteiger partial charge in [-0.3, -0.25) is 0 Å². The van der Waals surface area contributed by atoms with E-state index < -0.39 is 10.0 Å². The van der Waals surface area contributed by atoms with Gasteiger partial charge in [0, 0.05) is 6.07 Å². The fraction of sp³-hybridized carbons (Fsp3) is 0.300. The first-order chi connectivity index (χ1) is 13.4. The summed E-state index contributed by atoms with van der Waals surface area (Å²) in [5.74, 6) is 0.352. The van der Waals surface area contributed by atoms with Crippen LogP contribution >= 0.6 is 23.2 Å². The first-order valence-corrected chi connectivity index (χ1v) is 11.2. The lowest BCUT2D eigenvalue weighted by atomic mass is 10.2. The molecule has 1 aliphatic rings. The number of methoxy groups -OCH3 is 1. The Bertz CT molecular complexity index is 941. The van der Waals surface area contributed by atoms with Gasteiger partial charge in [0.05, 0.1) is 49.9 Å². The molecule has 0 unspecified atom stereocenters. The molecule has 0 aromatic heterocycles. The van der Waals surface area contributed by atoms with Crippen molar-refractivity contribution in [1.82, 2.24) is 4.31 Å². The average molecular weight is 442 g/mol. The Kier molecular flexibility index (Phi) is 7.01. The Morgan fingerprint density at radius 3 is 2.43 bits per heavy atom.